The van der Waals surface area contributed by atoms with E-state index in [2.05, 4.69) is 4.98 Å². The van der Waals surface area contributed by atoms with E-state index in [4.69, 9.17) is 15.2 Å². The number of nitrogens with one attached hydrogen (secondary N) is 1. The Kier molecular flexibility index (Phi) is 5.24. The molecule has 0 saturated carbocycles. The fourth-order valence-corrected chi connectivity index (χ4v) is 3.16. The van der Waals surface area contributed by atoms with Crippen LogP contribution in [-0.4, -0.2) is 25.7 Å². The fourth-order valence-electron chi connectivity index (χ4n) is 3.16. The number of ether oxygens (including phenoxy) is 2. The number of H-pyrrole nitrogens is 1. The van der Waals surface area contributed by atoms with Crippen LogP contribution >= 0.6 is 0 Å². The second-order valence-electron chi connectivity index (χ2n) is 5.98. The molecular formula is C20H23FN2O2. The molecule has 3 aromatic rings. The minimum absolute atomic E-state index is 0.236. The molecule has 0 radical (unpaired) electrons. The molecule has 5 heteroatoms. The van der Waals surface area contributed by atoms with E-state index in [0.717, 1.165) is 52.7 Å². The molecule has 0 saturated heterocycles. The third kappa shape index (κ3) is 3.46. The highest BCUT2D eigenvalue weighted by atomic mass is 19.1. The van der Waals surface area contributed by atoms with E-state index in [1.807, 2.05) is 18.2 Å². The van der Waals surface area contributed by atoms with Crippen molar-refractivity contribution in [2.75, 3.05) is 20.8 Å². The molecule has 1 heterocycles. The van der Waals surface area contributed by atoms with E-state index in [1.165, 1.54) is 6.07 Å². The zero-order valence-electron chi connectivity index (χ0n) is 14.6. The zero-order valence-corrected chi connectivity index (χ0v) is 14.6. The molecule has 3 N–H and O–H groups in total. The van der Waals surface area contributed by atoms with Crippen LogP contribution in [0.4, 0.5) is 4.39 Å². The van der Waals surface area contributed by atoms with Gasteiger partial charge in [-0.2, -0.15) is 0 Å². The molecule has 3 rings (SSSR count). The van der Waals surface area contributed by atoms with Crippen LogP contribution in [0, 0.1) is 5.82 Å². The third-order valence-electron chi connectivity index (χ3n) is 4.43. The molecule has 4 nitrogen and oxygen atoms in total. The summed E-state index contributed by atoms with van der Waals surface area (Å²) in [4.78, 5) is 3.43. The van der Waals surface area contributed by atoms with Crippen molar-refractivity contribution < 1.29 is 13.9 Å². The summed E-state index contributed by atoms with van der Waals surface area (Å²) in [6, 6.07) is 10.5. The number of halogens is 1. The maximum atomic E-state index is 13.8. The Hall–Kier alpha value is -2.53. The summed E-state index contributed by atoms with van der Waals surface area (Å²) in [5, 5.41) is 0.907. The van der Waals surface area contributed by atoms with Gasteiger partial charge in [0.2, 0.25) is 0 Å². The van der Waals surface area contributed by atoms with Crippen molar-refractivity contribution in [2.45, 2.75) is 19.3 Å². The summed E-state index contributed by atoms with van der Waals surface area (Å²) >= 11 is 0. The van der Waals surface area contributed by atoms with E-state index >= 15 is 0 Å². The van der Waals surface area contributed by atoms with Gasteiger partial charge in [0.1, 0.15) is 17.3 Å². The zero-order chi connectivity index (χ0) is 17.8. The predicted molar refractivity (Wildman–Crippen MR) is 98.8 cm³/mol. The Morgan fingerprint density at radius 1 is 1.04 bits per heavy atom. The molecule has 0 fully saturated rings. The minimum Gasteiger partial charge on any atom is -0.497 e. The SMILES string of the molecule is COc1ccc(-c2[nH]c3ccc(F)cc3c2CCCCN)c(OC)c1. The quantitative estimate of drug-likeness (QED) is 0.630. The van der Waals surface area contributed by atoms with Crippen LogP contribution in [0.5, 0.6) is 11.5 Å². The molecule has 2 aromatic carbocycles. The first kappa shape index (κ1) is 17.3. The van der Waals surface area contributed by atoms with Crippen molar-refractivity contribution >= 4 is 10.9 Å². The minimum atomic E-state index is -0.236. The molecule has 0 amide bonds. The van der Waals surface area contributed by atoms with Crippen LogP contribution in [0.3, 0.4) is 0 Å². The first-order valence-electron chi connectivity index (χ1n) is 8.40. The Morgan fingerprint density at radius 2 is 1.88 bits per heavy atom. The maximum absolute atomic E-state index is 13.8. The Bertz CT molecular complexity index is 874. The van der Waals surface area contributed by atoms with Gasteiger partial charge in [0.15, 0.2) is 0 Å². The summed E-state index contributed by atoms with van der Waals surface area (Å²) < 4.78 is 24.6. The van der Waals surface area contributed by atoms with Gasteiger partial charge >= 0.3 is 0 Å². The van der Waals surface area contributed by atoms with Crippen molar-refractivity contribution in [1.29, 1.82) is 0 Å². The summed E-state index contributed by atoms with van der Waals surface area (Å²) in [7, 11) is 3.26. The lowest BCUT2D eigenvalue weighted by Crippen LogP contribution is -1.99. The highest BCUT2D eigenvalue weighted by Crippen LogP contribution is 2.38. The molecule has 0 atom stereocenters. The monoisotopic (exact) mass is 342 g/mol. The van der Waals surface area contributed by atoms with E-state index in [1.54, 1.807) is 26.4 Å². The Labute approximate surface area is 146 Å². The molecule has 1 aromatic heterocycles. The van der Waals surface area contributed by atoms with Gasteiger partial charge in [-0.15, -0.1) is 0 Å². The van der Waals surface area contributed by atoms with Gasteiger partial charge in [-0.3, -0.25) is 0 Å². The average molecular weight is 342 g/mol. The number of methoxy groups -OCH3 is 2. The smallest absolute Gasteiger partial charge is 0.131 e. The van der Waals surface area contributed by atoms with Crippen LogP contribution in [-0.2, 0) is 6.42 Å². The van der Waals surface area contributed by atoms with E-state index < -0.39 is 0 Å². The Balaban J connectivity index is 2.16. The van der Waals surface area contributed by atoms with Gasteiger partial charge in [-0.1, -0.05) is 0 Å². The number of nitrogens with two attached hydrogens (primary N) is 1. The molecule has 0 aliphatic carbocycles. The fraction of sp³-hybridized carbons (Fsp3) is 0.300. The van der Waals surface area contributed by atoms with Gasteiger partial charge in [-0.05, 0) is 61.7 Å². The number of rotatable bonds is 7. The standard InChI is InChI=1S/C20H23FN2O2/c1-24-14-7-8-16(19(12-14)25-2)20-15(5-3-4-10-22)17-11-13(21)6-9-18(17)23-20/h6-9,11-12,23H,3-5,10,22H2,1-2H3. The molecule has 0 spiro atoms. The molecule has 25 heavy (non-hydrogen) atoms. The number of unbranched alkanes of at least 4 members (excludes halogenated alkanes) is 1. The van der Waals surface area contributed by atoms with Crippen molar-refractivity contribution in [2.24, 2.45) is 5.73 Å². The average Bonchev–Trinajstić information content (AvgIpc) is 2.99. The van der Waals surface area contributed by atoms with Crippen molar-refractivity contribution in [3.05, 3.63) is 47.8 Å². The van der Waals surface area contributed by atoms with Crippen molar-refractivity contribution in [3.63, 3.8) is 0 Å². The number of aromatic nitrogens is 1. The highest BCUT2D eigenvalue weighted by Gasteiger charge is 2.17. The van der Waals surface area contributed by atoms with Gasteiger partial charge in [0.25, 0.3) is 0 Å². The van der Waals surface area contributed by atoms with Crippen LogP contribution < -0.4 is 15.2 Å². The van der Waals surface area contributed by atoms with Gasteiger partial charge < -0.3 is 20.2 Å². The molecule has 0 aliphatic heterocycles. The first-order chi connectivity index (χ1) is 12.2. The number of aromatic amines is 1. The largest absolute Gasteiger partial charge is 0.497 e. The van der Waals surface area contributed by atoms with Gasteiger partial charge in [0.05, 0.1) is 19.9 Å². The molecule has 0 aliphatic rings. The predicted octanol–water partition coefficient (Wildman–Crippen LogP) is 4.27. The topological polar surface area (TPSA) is 60.3 Å². The lowest BCUT2D eigenvalue weighted by atomic mass is 9.99. The first-order valence-corrected chi connectivity index (χ1v) is 8.40. The molecule has 132 valence electrons. The maximum Gasteiger partial charge on any atom is 0.131 e. The number of aryl methyl sites for hydroxylation is 1. The van der Waals surface area contributed by atoms with Crippen molar-refractivity contribution in [3.8, 4) is 22.8 Å². The van der Waals surface area contributed by atoms with E-state index in [0.29, 0.717) is 12.3 Å². The summed E-state index contributed by atoms with van der Waals surface area (Å²) in [6.07, 6.45) is 2.71. The van der Waals surface area contributed by atoms with Gasteiger partial charge in [0, 0.05) is 22.5 Å². The van der Waals surface area contributed by atoms with Crippen LogP contribution in [0.15, 0.2) is 36.4 Å². The van der Waals surface area contributed by atoms with Crippen LogP contribution in [0.2, 0.25) is 0 Å². The molecular weight excluding hydrogens is 319 g/mol. The number of fused-ring (bicyclic) bond motifs is 1. The number of hydrogen-bond acceptors (Lipinski definition) is 3. The molecule has 0 unspecified atom stereocenters. The van der Waals surface area contributed by atoms with Gasteiger partial charge in [-0.25, -0.2) is 4.39 Å². The van der Waals surface area contributed by atoms with E-state index in [-0.39, 0.29) is 5.82 Å². The normalized spacial score (nSPS) is 11.0. The summed E-state index contributed by atoms with van der Waals surface area (Å²) in [5.74, 6) is 1.21. The summed E-state index contributed by atoms with van der Waals surface area (Å²) in [5.41, 5.74) is 9.52. The van der Waals surface area contributed by atoms with Crippen LogP contribution in [0.1, 0.15) is 18.4 Å². The number of benzene rings is 2. The third-order valence-corrected chi connectivity index (χ3v) is 4.43. The molecule has 0 bridgehead atoms. The second-order valence-corrected chi connectivity index (χ2v) is 5.98. The summed E-state index contributed by atoms with van der Waals surface area (Å²) in [6.45, 7) is 0.651. The Morgan fingerprint density at radius 3 is 2.60 bits per heavy atom. The highest BCUT2D eigenvalue weighted by molar-refractivity contribution is 5.92. The van der Waals surface area contributed by atoms with E-state index in [9.17, 15) is 4.39 Å². The lowest BCUT2D eigenvalue weighted by molar-refractivity contribution is 0.395. The number of hydrogen-bond donors (Lipinski definition) is 2. The second kappa shape index (κ2) is 7.57. The van der Waals surface area contributed by atoms with Crippen LogP contribution in [0.25, 0.3) is 22.2 Å². The van der Waals surface area contributed by atoms with Crippen molar-refractivity contribution in [1.82, 2.24) is 4.98 Å². The lowest BCUT2D eigenvalue weighted by Gasteiger charge is -2.11.